The van der Waals surface area contributed by atoms with Gasteiger partial charge in [-0.25, -0.2) is 4.68 Å². The number of hydrogen-bond acceptors (Lipinski definition) is 3. The van der Waals surface area contributed by atoms with Crippen molar-refractivity contribution in [2.24, 2.45) is 5.73 Å². The van der Waals surface area contributed by atoms with E-state index in [4.69, 9.17) is 5.73 Å². The van der Waals surface area contributed by atoms with E-state index in [1.165, 1.54) is 0 Å². The lowest BCUT2D eigenvalue weighted by Gasteiger charge is -2.18. The van der Waals surface area contributed by atoms with Crippen molar-refractivity contribution in [3.05, 3.63) is 48.3 Å². The molecule has 0 atom stereocenters. The third-order valence-corrected chi connectivity index (χ3v) is 2.60. The van der Waals surface area contributed by atoms with Gasteiger partial charge in [0, 0.05) is 30.0 Å². The van der Waals surface area contributed by atoms with Crippen molar-refractivity contribution in [1.82, 2.24) is 15.1 Å². The van der Waals surface area contributed by atoms with Gasteiger partial charge in [0.1, 0.15) is 0 Å². The minimum Gasteiger partial charge on any atom is -0.350 e. The molecule has 0 saturated carbocycles. The van der Waals surface area contributed by atoms with Gasteiger partial charge < -0.3 is 11.1 Å². The van der Waals surface area contributed by atoms with Crippen LogP contribution >= 0.6 is 12.4 Å². The summed E-state index contributed by atoms with van der Waals surface area (Å²) >= 11 is 0. The molecule has 0 aliphatic rings. The maximum atomic E-state index is 11.9. The van der Waals surface area contributed by atoms with Crippen LogP contribution in [0.1, 0.15) is 24.2 Å². The van der Waals surface area contributed by atoms with E-state index >= 15 is 0 Å². The quantitative estimate of drug-likeness (QED) is 0.902. The summed E-state index contributed by atoms with van der Waals surface area (Å²) in [5.41, 5.74) is 6.94. The molecule has 1 aromatic heterocycles. The lowest BCUT2D eigenvalue weighted by Crippen LogP contribution is -2.45. The van der Waals surface area contributed by atoms with Crippen LogP contribution in [0.15, 0.2) is 42.7 Å². The molecule has 108 valence electrons. The van der Waals surface area contributed by atoms with E-state index in [0.717, 1.165) is 5.69 Å². The molecule has 3 N–H and O–H groups in total. The van der Waals surface area contributed by atoms with Crippen LogP contribution in [0, 0.1) is 0 Å². The summed E-state index contributed by atoms with van der Waals surface area (Å²) < 4.78 is 1.74. The topological polar surface area (TPSA) is 72.9 Å². The first-order valence-corrected chi connectivity index (χ1v) is 6.13. The van der Waals surface area contributed by atoms with Crippen LogP contribution in [0.2, 0.25) is 0 Å². The number of rotatable bonds is 4. The Morgan fingerprint density at radius 1 is 1.35 bits per heavy atom. The zero-order valence-electron chi connectivity index (χ0n) is 11.5. The SMILES string of the molecule is CC(C)(N)CNC(=O)c1ccc(-n2cccn2)cc1.Cl. The monoisotopic (exact) mass is 294 g/mol. The van der Waals surface area contributed by atoms with Crippen LogP contribution in [0.4, 0.5) is 0 Å². The molecule has 0 spiro atoms. The number of hydrogen-bond donors (Lipinski definition) is 2. The number of benzene rings is 1. The third-order valence-electron chi connectivity index (χ3n) is 2.60. The molecule has 0 unspecified atom stereocenters. The molecule has 2 aromatic rings. The Morgan fingerprint density at radius 2 is 2.00 bits per heavy atom. The number of aromatic nitrogens is 2. The summed E-state index contributed by atoms with van der Waals surface area (Å²) in [7, 11) is 0. The molecule has 0 bridgehead atoms. The molecule has 0 fully saturated rings. The van der Waals surface area contributed by atoms with Crippen LogP contribution < -0.4 is 11.1 Å². The van der Waals surface area contributed by atoms with Crippen LogP contribution in [0.5, 0.6) is 0 Å². The van der Waals surface area contributed by atoms with Gasteiger partial charge in [0.2, 0.25) is 0 Å². The van der Waals surface area contributed by atoms with Gasteiger partial charge in [0.25, 0.3) is 5.91 Å². The molecule has 2 rings (SSSR count). The molecule has 0 aliphatic carbocycles. The van der Waals surface area contributed by atoms with Gasteiger partial charge in [-0.05, 0) is 44.2 Å². The Kier molecular flexibility index (Phi) is 5.30. The molecule has 6 heteroatoms. The first kappa shape index (κ1) is 16.2. The lowest BCUT2D eigenvalue weighted by molar-refractivity contribution is 0.0946. The number of carbonyl (C=O) groups is 1. The number of halogens is 1. The number of nitrogens with one attached hydrogen (secondary N) is 1. The van der Waals surface area contributed by atoms with Crippen LogP contribution in [-0.4, -0.2) is 27.8 Å². The van der Waals surface area contributed by atoms with E-state index in [9.17, 15) is 4.79 Å². The van der Waals surface area contributed by atoms with E-state index in [-0.39, 0.29) is 18.3 Å². The number of nitrogens with zero attached hydrogens (tertiary/aromatic N) is 2. The van der Waals surface area contributed by atoms with Crippen LogP contribution in [0.3, 0.4) is 0 Å². The van der Waals surface area contributed by atoms with E-state index in [1.807, 2.05) is 38.2 Å². The summed E-state index contributed by atoms with van der Waals surface area (Å²) in [6, 6.07) is 9.11. The largest absolute Gasteiger partial charge is 0.350 e. The predicted molar refractivity (Wildman–Crippen MR) is 81.4 cm³/mol. The second-order valence-electron chi connectivity index (χ2n) is 5.17. The fourth-order valence-corrected chi connectivity index (χ4v) is 1.60. The standard InChI is InChI=1S/C14H18N4O.ClH/c1-14(2,15)10-16-13(19)11-4-6-12(7-5-11)18-9-3-8-17-18;/h3-9H,10,15H2,1-2H3,(H,16,19);1H. The zero-order chi connectivity index (χ0) is 13.9. The maximum absolute atomic E-state index is 11.9. The molecule has 20 heavy (non-hydrogen) atoms. The normalized spacial score (nSPS) is 10.8. The summed E-state index contributed by atoms with van der Waals surface area (Å²) in [5, 5.41) is 6.94. The molecule has 1 amide bonds. The predicted octanol–water partition coefficient (Wildman–Crippen LogP) is 1.76. The van der Waals surface area contributed by atoms with Gasteiger partial charge in [-0.15, -0.1) is 12.4 Å². The molecule has 0 radical (unpaired) electrons. The van der Waals surface area contributed by atoms with Crippen molar-refractivity contribution in [2.45, 2.75) is 19.4 Å². The molecular formula is C14H19ClN4O. The average Bonchev–Trinajstić information content (AvgIpc) is 2.89. The highest BCUT2D eigenvalue weighted by Crippen LogP contribution is 2.08. The minimum atomic E-state index is -0.412. The summed E-state index contributed by atoms with van der Waals surface area (Å²) in [4.78, 5) is 11.9. The average molecular weight is 295 g/mol. The Balaban J connectivity index is 0.00000200. The van der Waals surface area contributed by atoms with Crippen molar-refractivity contribution in [2.75, 3.05) is 6.54 Å². The molecule has 1 aromatic carbocycles. The Hall–Kier alpha value is -1.85. The second kappa shape index (κ2) is 6.54. The fourth-order valence-electron chi connectivity index (χ4n) is 1.60. The van der Waals surface area contributed by atoms with Crippen molar-refractivity contribution in [3.63, 3.8) is 0 Å². The van der Waals surface area contributed by atoms with Crippen molar-refractivity contribution >= 4 is 18.3 Å². The molecule has 0 aliphatic heterocycles. The number of amides is 1. The lowest BCUT2D eigenvalue weighted by atomic mass is 10.1. The first-order chi connectivity index (χ1) is 8.96. The van der Waals surface area contributed by atoms with Crippen LogP contribution in [0.25, 0.3) is 5.69 Å². The van der Waals surface area contributed by atoms with Crippen LogP contribution in [-0.2, 0) is 0 Å². The highest BCUT2D eigenvalue weighted by atomic mass is 35.5. The Morgan fingerprint density at radius 3 is 2.50 bits per heavy atom. The molecular weight excluding hydrogens is 276 g/mol. The smallest absolute Gasteiger partial charge is 0.251 e. The zero-order valence-corrected chi connectivity index (χ0v) is 12.4. The minimum absolute atomic E-state index is 0. The summed E-state index contributed by atoms with van der Waals surface area (Å²) in [5.74, 6) is -0.120. The Labute approximate surface area is 124 Å². The molecule has 5 nitrogen and oxygen atoms in total. The van der Waals surface area contributed by atoms with Gasteiger partial charge in [0.05, 0.1) is 5.69 Å². The van der Waals surface area contributed by atoms with Gasteiger partial charge in [-0.3, -0.25) is 4.79 Å². The second-order valence-corrected chi connectivity index (χ2v) is 5.17. The van der Waals surface area contributed by atoms with Crippen molar-refractivity contribution < 1.29 is 4.79 Å². The van der Waals surface area contributed by atoms with Gasteiger partial charge in [-0.1, -0.05) is 0 Å². The van der Waals surface area contributed by atoms with Gasteiger partial charge in [0.15, 0.2) is 0 Å². The van der Waals surface area contributed by atoms with E-state index in [0.29, 0.717) is 12.1 Å². The summed E-state index contributed by atoms with van der Waals surface area (Å²) in [6.45, 7) is 4.18. The van der Waals surface area contributed by atoms with Crippen molar-refractivity contribution in [3.8, 4) is 5.69 Å². The van der Waals surface area contributed by atoms with Gasteiger partial charge in [-0.2, -0.15) is 5.10 Å². The summed E-state index contributed by atoms with van der Waals surface area (Å²) in [6.07, 6.45) is 3.57. The van der Waals surface area contributed by atoms with E-state index in [2.05, 4.69) is 10.4 Å². The van der Waals surface area contributed by atoms with Gasteiger partial charge >= 0.3 is 0 Å². The molecule has 1 heterocycles. The third kappa shape index (κ3) is 4.36. The maximum Gasteiger partial charge on any atom is 0.251 e. The first-order valence-electron chi connectivity index (χ1n) is 6.13. The number of carbonyl (C=O) groups excluding carboxylic acids is 1. The Bertz CT molecular complexity index is 544. The van der Waals surface area contributed by atoms with E-state index < -0.39 is 5.54 Å². The highest BCUT2D eigenvalue weighted by molar-refractivity contribution is 5.94. The molecule has 0 saturated heterocycles. The fraction of sp³-hybridized carbons (Fsp3) is 0.286. The van der Waals surface area contributed by atoms with E-state index in [1.54, 1.807) is 23.0 Å². The number of nitrogens with two attached hydrogens (primary N) is 1. The highest BCUT2D eigenvalue weighted by Gasteiger charge is 2.13. The van der Waals surface area contributed by atoms with Crippen molar-refractivity contribution in [1.29, 1.82) is 0 Å².